The summed E-state index contributed by atoms with van der Waals surface area (Å²) in [5.74, 6) is 0.712. The number of nitrogens with zero attached hydrogens (tertiary/aromatic N) is 1. The second-order valence-electron chi connectivity index (χ2n) is 6.13. The number of nitrogens with one attached hydrogen (secondary N) is 2. The highest BCUT2D eigenvalue weighted by Gasteiger charge is 2.18. The van der Waals surface area contributed by atoms with E-state index in [1.165, 1.54) is 19.2 Å². The molecule has 0 unspecified atom stereocenters. The van der Waals surface area contributed by atoms with E-state index in [2.05, 4.69) is 10.6 Å². The molecule has 31 heavy (non-hydrogen) atoms. The lowest BCUT2D eigenvalue weighted by atomic mass is 10.2. The number of carbonyl (C=O) groups is 1. The lowest BCUT2D eigenvalue weighted by Gasteiger charge is -2.11. The Morgan fingerprint density at radius 2 is 1.65 bits per heavy atom. The number of methoxy groups -OCH3 is 1. The van der Waals surface area contributed by atoms with Crippen LogP contribution in [0.5, 0.6) is 17.2 Å². The first-order valence-corrected chi connectivity index (χ1v) is 9.62. The number of hydrogen-bond acceptors (Lipinski definition) is 6. The molecule has 0 heterocycles. The molecule has 10 heteroatoms. The Labute approximate surface area is 187 Å². The van der Waals surface area contributed by atoms with Gasteiger partial charge in [-0.3, -0.25) is 20.2 Å². The van der Waals surface area contributed by atoms with Crippen molar-refractivity contribution in [2.45, 2.75) is 0 Å². The van der Waals surface area contributed by atoms with Crippen molar-refractivity contribution in [3.05, 3.63) is 87.4 Å². The first-order chi connectivity index (χ1) is 14.9. The van der Waals surface area contributed by atoms with Gasteiger partial charge in [-0.15, -0.1) is 0 Å². The van der Waals surface area contributed by atoms with Crippen LogP contribution in [0.4, 0.5) is 11.4 Å². The Balaban J connectivity index is 1.60. The lowest BCUT2D eigenvalue weighted by Crippen LogP contribution is -2.34. The largest absolute Gasteiger partial charge is 0.490 e. The van der Waals surface area contributed by atoms with Crippen LogP contribution < -0.4 is 20.1 Å². The standard InChI is InChI=1S/C21H16ClN3O5S/c1-29-19-11-2-13(12-18(19)25(27)28)20(26)24-21(31)23-15-5-9-17(10-6-15)30-16-7-3-14(22)4-8-16/h2-12H,1H3,(H2,23,24,26,31). The summed E-state index contributed by atoms with van der Waals surface area (Å²) in [7, 11) is 1.31. The number of carbonyl (C=O) groups excluding carboxylic acids is 1. The van der Waals surface area contributed by atoms with Crippen LogP contribution in [0.1, 0.15) is 10.4 Å². The minimum absolute atomic E-state index is 0.0369. The summed E-state index contributed by atoms with van der Waals surface area (Å²) >= 11 is 11.0. The first kappa shape index (κ1) is 22.0. The Morgan fingerprint density at radius 1 is 1.03 bits per heavy atom. The van der Waals surface area contributed by atoms with E-state index in [9.17, 15) is 14.9 Å². The molecule has 0 saturated carbocycles. The van der Waals surface area contributed by atoms with Crippen LogP contribution in [0, 0.1) is 10.1 Å². The number of hydrogen-bond donors (Lipinski definition) is 2. The maximum Gasteiger partial charge on any atom is 0.311 e. The first-order valence-electron chi connectivity index (χ1n) is 8.84. The third-order valence-corrected chi connectivity index (χ3v) is 4.48. The third-order valence-electron chi connectivity index (χ3n) is 4.03. The number of anilines is 1. The highest BCUT2D eigenvalue weighted by atomic mass is 35.5. The Bertz CT molecular complexity index is 1120. The second-order valence-corrected chi connectivity index (χ2v) is 6.98. The molecular formula is C21H16ClN3O5S. The molecule has 3 rings (SSSR count). The fourth-order valence-electron chi connectivity index (χ4n) is 2.56. The Morgan fingerprint density at radius 3 is 2.23 bits per heavy atom. The number of amides is 1. The maximum absolute atomic E-state index is 12.4. The van der Waals surface area contributed by atoms with Gasteiger partial charge in [-0.05, 0) is 72.9 Å². The van der Waals surface area contributed by atoms with Crippen LogP contribution >= 0.6 is 23.8 Å². The van der Waals surface area contributed by atoms with Gasteiger partial charge in [0.2, 0.25) is 0 Å². The number of nitro groups is 1. The van der Waals surface area contributed by atoms with Gasteiger partial charge in [0, 0.05) is 22.3 Å². The van der Waals surface area contributed by atoms with Gasteiger partial charge < -0.3 is 14.8 Å². The van der Waals surface area contributed by atoms with Gasteiger partial charge in [0.15, 0.2) is 10.9 Å². The second kappa shape index (κ2) is 9.88. The third kappa shape index (κ3) is 5.91. The molecule has 0 aliphatic heterocycles. The zero-order valence-electron chi connectivity index (χ0n) is 16.1. The summed E-state index contributed by atoms with van der Waals surface area (Å²) in [6, 6.07) is 17.8. The average molecular weight is 458 g/mol. The molecule has 0 fully saturated rings. The zero-order chi connectivity index (χ0) is 22.4. The molecule has 0 spiro atoms. The smallest absolute Gasteiger partial charge is 0.311 e. The van der Waals surface area contributed by atoms with E-state index >= 15 is 0 Å². The molecule has 3 aromatic rings. The molecule has 0 bridgehead atoms. The molecule has 0 atom stereocenters. The molecule has 1 amide bonds. The SMILES string of the molecule is COc1ccc(C(=O)NC(=S)Nc2ccc(Oc3ccc(Cl)cc3)cc2)cc1[N+](=O)[O-]. The quantitative estimate of drug-likeness (QED) is 0.299. The number of ether oxygens (including phenoxy) is 2. The molecule has 0 radical (unpaired) electrons. The number of halogens is 1. The number of rotatable bonds is 6. The van der Waals surface area contributed by atoms with Gasteiger partial charge in [-0.25, -0.2) is 0 Å². The highest BCUT2D eigenvalue weighted by molar-refractivity contribution is 7.80. The maximum atomic E-state index is 12.4. The van der Waals surface area contributed by atoms with E-state index in [0.29, 0.717) is 22.2 Å². The molecule has 0 aliphatic rings. The summed E-state index contributed by atoms with van der Waals surface area (Å²) in [4.78, 5) is 22.9. The van der Waals surface area contributed by atoms with E-state index < -0.39 is 10.8 Å². The van der Waals surface area contributed by atoms with Crippen molar-refractivity contribution in [3.63, 3.8) is 0 Å². The van der Waals surface area contributed by atoms with E-state index in [0.717, 1.165) is 6.07 Å². The predicted octanol–water partition coefficient (Wildman–Crippen LogP) is 5.18. The van der Waals surface area contributed by atoms with Gasteiger partial charge in [-0.1, -0.05) is 11.6 Å². The Hall–Kier alpha value is -3.69. The van der Waals surface area contributed by atoms with Gasteiger partial charge in [0.25, 0.3) is 5.91 Å². The topological polar surface area (TPSA) is 103 Å². The van der Waals surface area contributed by atoms with Crippen molar-refractivity contribution < 1.29 is 19.2 Å². The highest BCUT2D eigenvalue weighted by Crippen LogP contribution is 2.27. The lowest BCUT2D eigenvalue weighted by molar-refractivity contribution is -0.385. The van der Waals surface area contributed by atoms with Crippen LogP contribution in [0.3, 0.4) is 0 Å². The fraction of sp³-hybridized carbons (Fsp3) is 0.0476. The molecule has 0 aromatic heterocycles. The van der Waals surface area contributed by atoms with Gasteiger partial charge >= 0.3 is 5.69 Å². The Kier molecular flexibility index (Phi) is 7.01. The van der Waals surface area contributed by atoms with Crippen molar-refractivity contribution in [1.82, 2.24) is 5.32 Å². The molecule has 8 nitrogen and oxygen atoms in total. The van der Waals surface area contributed by atoms with Crippen molar-refractivity contribution >= 4 is 46.2 Å². The van der Waals surface area contributed by atoms with Crippen molar-refractivity contribution in [2.75, 3.05) is 12.4 Å². The normalized spacial score (nSPS) is 10.1. The molecule has 2 N–H and O–H groups in total. The minimum Gasteiger partial charge on any atom is -0.490 e. The van der Waals surface area contributed by atoms with Gasteiger partial charge in [0.05, 0.1) is 12.0 Å². The van der Waals surface area contributed by atoms with Crippen LogP contribution in [-0.4, -0.2) is 23.1 Å². The fourth-order valence-corrected chi connectivity index (χ4v) is 2.89. The molecule has 0 saturated heterocycles. The number of nitro benzene ring substituents is 1. The molecule has 158 valence electrons. The summed E-state index contributed by atoms with van der Waals surface area (Å²) in [5.41, 5.74) is 0.378. The van der Waals surface area contributed by atoms with Crippen LogP contribution in [0.25, 0.3) is 0 Å². The molecular weight excluding hydrogens is 442 g/mol. The van der Waals surface area contributed by atoms with Crippen molar-refractivity contribution in [3.8, 4) is 17.2 Å². The summed E-state index contributed by atoms with van der Waals surface area (Å²) in [6.07, 6.45) is 0. The van der Waals surface area contributed by atoms with Crippen LogP contribution in [0.2, 0.25) is 5.02 Å². The van der Waals surface area contributed by atoms with Gasteiger partial charge in [0.1, 0.15) is 11.5 Å². The monoisotopic (exact) mass is 457 g/mol. The number of thiocarbonyl (C=S) groups is 1. The minimum atomic E-state index is -0.625. The van der Waals surface area contributed by atoms with E-state index in [-0.39, 0.29) is 22.1 Å². The molecule has 0 aliphatic carbocycles. The van der Waals surface area contributed by atoms with Crippen LogP contribution in [-0.2, 0) is 0 Å². The van der Waals surface area contributed by atoms with Gasteiger partial charge in [-0.2, -0.15) is 0 Å². The predicted molar refractivity (Wildman–Crippen MR) is 121 cm³/mol. The van der Waals surface area contributed by atoms with Crippen LogP contribution in [0.15, 0.2) is 66.7 Å². The van der Waals surface area contributed by atoms with Crippen molar-refractivity contribution in [2.24, 2.45) is 0 Å². The number of benzene rings is 3. The summed E-state index contributed by atoms with van der Waals surface area (Å²) < 4.78 is 10.6. The van der Waals surface area contributed by atoms with E-state index in [4.69, 9.17) is 33.3 Å². The average Bonchev–Trinajstić information content (AvgIpc) is 2.76. The van der Waals surface area contributed by atoms with E-state index in [1.807, 2.05) is 0 Å². The zero-order valence-corrected chi connectivity index (χ0v) is 17.7. The summed E-state index contributed by atoms with van der Waals surface area (Å²) in [6.45, 7) is 0. The summed E-state index contributed by atoms with van der Waals surface area (Å²) in [5, 5.41) is 17.1. The van der Waals surface area contributed by atoms with E-state index in [1.54, 1.807) is 48.5 Å². The molecule has 3 aromatic carbocycles. The van der Waals surface area contributed by atoms with Crippen molar-refractivity contribution in [1.29, 1.82) is 0 Å².